The third kappa shape index (κ3) is 5.01. The summed E-state index contributed by atoms with van der Waals surface area (Å²) in [6.07, 6.45) is 0. The molecule has 2 aromatic carbocycles. The Bertz CT molecular complexity index is 971. The molecule has 1 aromatic heterocycles. The molecule has 3 amide bonds. The van der Waals surface area contributed by atoms with Crippen molar-refractivity contribution >= 4 is 29.1 Å². The van der Waals surface area contributed by atoms with Gasteiger partial charge in [0, 0.05) is 17.7 Å². The average molecular weight is 397 g/mol. The third-order valence-electron chi connectivity index (χ3n) is 3.81. The van der Waals surface area contributed by atoms with E-state index in [0.717, 1.165) is 17.7 Å². The van der Waals surface area contributed by atoms with Crippen molar-refractivity contribution in [1.29, 1.82) is 0 Å². The van der Waals surface area contributed by atoms with E-state index in [-0.39, 0.29) is 11.5 Å². The van der Waals surface area contributed by atoms with E-state index >= 15 is 0 Å². The van der Waals surface area contributed by atoms with Gasteiger partial charge < -0.3 is 5.32 Å². The Morgan fingerprint density at radius 1 is 0.786 bits per heavy atom. The SMILES string of the molecule is O=C(NNC(=O)c1ccc(CNC(=O)c2cccs2)cc1)c1ccc(F)cc1. The summed E-state index contributed by atoms with van der Waals surface area (Å²) in [4.78, 5) is 36.6. The highest BCUT2D eigenvalue weighted by atomic mass is 32.1. The van der Waals surface area contributed by atoms with Crippen LogP contribution in [-0.2, 0) is 6.54 Å². The first-order chi connectivity index (χ1) is 13.5. The normalized spacial score (nSPS) is 10.2. The standard InChI is InChI=1S/C20H16FN3O3S/c21-16-9-7-15(8-10-16)19(26)24-23-18(25)14-5-3-13(4-6-14)12-22-20(27)17-2-1-11-28-17/h1-11H,12H2,(H,22,27)(H,23,25)(H,24,26). The Morgan fingerprint density at radius 2 is 1.36 bits per heavy atom. The molecule has 0 bridgehead atoms. The second-order valence-corrected chi connectivity index (χ2v) is 6.72. The Labute approximate surface area is 164 Å². The molecule has 0 atom stereocenters. The van der Waals surface area contributed by atoms with Gasteiger partial charge in [-0.25, -0.2) is 4.39 Å². The van der Waals surface area contributed by atoms with Crippen molar-refractivity contribution in [3.05, 3.63) is 93.4 Å². The summed E-state index contributed by atoms with van der Waals surface area (Å²) < 4.78 is 12.9. The van der Waals surface area contributed by atoms with Crippen LogP contribution in [0.5, 0.6) is 0 Å². The first-order valence-corrected chi connectivity index (χ1v) is 9.18. The molecule has 0 radical (unpaired) electrons. The summed E-state index contributed by atoms with van der Waals surface area (Å²) in [5.74, 6) is -1.65. The van der Waals surface area contributed by atoms with Crippen molar-refractivity contribution in [2.45, 2.75) is 6.54 Å². The van der Waals surface area contributed by atoms with E-state index in [0.29, 0.717) is 17.0 Å². The molecular formula is C20H16FN3O3S. The Hall–Kier alpha value is -3.52. The van der Waals surface area contributed by atoms with Gasteiger partial charge in [-0.2, -0.15) is 0 Å². The molecule has 0 unspecified atom stereocenters. The van der Waals surface area contributed by atoms with Gasteiger partial charge in [0.15, 0.2) is 0 Å². The van der Waals surface area contributed by atoms with Crippen molar-refractivity contribution in [3.8, 4) is 0 Å². The van der Waals surface area contributed by atoms with Gasteiger partial charge in [0.25, 0.3) is 17.7 Å². The summed E-state index contributed by atoms with van der Waals surface area (Å²) in [6.45, 7) is 0.333. The predicted molar refractivity (Wildman–Crippen MR) is 103 cm³/mol. The molecule has 1 heterocycles. The van der Waals surface area contributed by atoms with Gasteiger partial charge in [0.1, 0.15) is 5.82 Å². The summed E-state index contributed by atoms with van der Waals surface area (Å²) in [5.41, 5.74) is 5.96. The van der Waals surface area contributed by atoms with Crippen molar-refractivity contribution in [2.75, 3.05) is 0 Å². The number of nitrogens with one attached hydrogen (secondary N) is 3. The number of hydrazine groups is 1. The van der Waals surface area contributed by atoms with Crippen LogP contribution in [0.25, 0.3) is 0 Å². The number of thiophene rings is 1. The summed E-state index contributed by atoms with van der Waals surface area (Å²) in [5, 5.41) is 4.63. The molecule has 0 spiro atoms. The maximum Gasteiger partial charge on any atom is 0.269 e. The lowest BCUT2D eigenvalue weighted by Gasteiger charge is -2.08. The molecule has 0 saturated carbocycles. The minimum atomic E-state index is -0.554. The zero-order valence-corrected chi connectivity index (χ0v) is 15.4. The fraction of sp³-hybridized carbons (Fsp3) is 0.0500. The van der Waals surface area contributed by atoms with Gasteiger partial charge in [-0.15, -0.1) is 11.3 Å². The van der Waals surface area contributed by atoms with Crippen molar-refractivity contribution in [3.63, 3.8) is 0 Å². The molecule has 3 aromatic rings. The number of carbonyl (C=O) groups excluding carboxylic acids is 3. The van der Waals surface area contributed by atoms with Crippen LogP contribution in [-0.4, -0.2) is 17.7 Å². The van der Waals surface area contributed by atoms with E-state index in [2.05, 4.69) is 16.2 Å². The van der Waals surface area contributed by atoms with E-state index in [9.17, 15) is 18.8 Å². The number of amides is 3. The Balaban J connectivity index is 1.49. The van der Waals surface area contributed by atoms with Crippen LogP contribution in [0.15, 0.2) is 66.0 Å². The van der Waals surface area contributed by atoms with Gasteiger partial charge >= 0.3 is 0 Å². The maximum atomic E-state index is 12.9. The van der Waals surface area contributed by atoms with Crippen LogP contribution in [0.2, 0.25) is 0 Å². The van der Waals surface area contributed by atoms with Crippen LogP contribution in [0, 0.1) is 5.82 Å². The van der Waals surface area contributed by atoms with Gasteiger partial charge in [-0.05, 0) is 53.4 Å². The van der Waals surface area contributed by atoms with Gasteiger partial charge in [-0.1, -0.05) is 18.2 Å². The Morgan fingerprint density at radius 3 is 1.89 bits per heavy atom. The predicted octanol–water partition coefficient (Wildman–Crippen LogP) is 2.89. The van der Waals surface area contributed by atoms with E-state index in [4.69, 9.17) is 0 Å². The van der Waals surface area contributed by atoms with Gasteiger partial charge in [-0.3, -0.25) is 25.2 Å². The van der Waals surface area contributed by atoms with Gasteiger partial charge in [0.05, 0.1) is 4.88 Å². The fourth-order valence-electron chi connectivity index (χ4n) is 2.31. The molecule has 3 rings (SSSR count). The topological polar surface area (TPSA) is 87.3 Å². The smallest absolute Gasteiger partial charge is 0.269 e. The third-order valence-corrected chi connectivity index (χ3v) is 4.68. The molecule has 0 aliphatic carbocycles. The number of halogens is 1. The first-order valence-electron chi connectivity index (χ1n) is 8.30. The maximum absolute atomic E-state index is 12.9. The zero-order chi connectivity index (χ0) is 19.9. The largest absolute Gasteiger partial charge is 0.347 e. The molecule has 6 nitrogen and oxygen atoms in total. The highest BCUT2D eigenvalue weighted by Crippen LogP contribution is 2.09. The number of hydrogen-bond acceptors (Lipinski definition) is 4. The number of carbonyl (C=O) groups is 3. The minimum absolute atomic E-state index is 0.152. The van der Waals surface area contributed by atoms with E-state index in [1.807, 2.05) is 11.4 Å². The summed E-state index contributed by atoms with van der Waals surface area (Å²) >= 11 is 1.36. The van der Waals surface area contributed by atoms with Crippen molar-refractivity contribution < 1.29 is 18.8 Å². The van der Waals surface area contributed by atoms with Crippen molar-refractivity contribution in [2.24, 2.45) is 0 Å². The summed E-state index contributed by atoms with van der Waals surface area (Å²) in [7, 11) is 0. The van der Waals surface area contributed by atoms with Crippen LogP contribution >= 0.6 is 11.3 Å². The van der Waals surface area contributed by atoms with Crippen LogP contribution in [0.1, 0.15) is 36.0 Å². The van der Waals surface area contributed by atoms with Crippen LogP contribution in [0.3, 0.4) is 0 Å². The van der Waals surface area contributed by atoms with Crippen LogP contribution < -0.4 is 16.2 Å². The molecule has 0 aliphatic heterocycles. The fourth-order valence-corrected chi connectivity index (χ4v) is 2.95. The average Bonchev–Trinajstić information content (AvgIpc) is 3.26. The zero-order valence-electron chi connectivity index (χ0n) is 14.6. The van der Waals surface area contributed by atoms with Crippen molar-refractivity contribution in [1.82, 2.24) is 16.2 Å². The molecule has 0 fully saturated rings. The number of rotatable bonds is 5. The number of hydrogen-bond donors (Lipinski definition) is 3. The quantitative estimate of drug-likeness (QED) is 0.579. The summed E-state index contributed by atoms with van der Waals surface area (Å²) in [6, 6.07) is 15.1. The second kappa shape index (κ2) is 8.92. The molecule has 8 heteroatoms. The molecule has 28 heavy (non-hydrogen) atoms. The van der Waals surface area contributed by atoms with E-state index in [1.54, 1.807) is 30.3 Å². The minimum Gasteiger partial charge on any atom is -0.347 e. The molecule has 0 aliphatic rings. The van der Waals surface area contributed by atoms with Gasteiger partial charge in [0.2, 0.25) is 0 Å². The lowest BCUT2D eigenvalue weighted by Crippen LogP contribution is -2.41. The monoisotopic (exact) mass is 397 g/mol. The van der Waals surface area contributed by atoms with Crippen LogP contribution in [0.4, 0.5) is 4.39 Å². The molecule has 142 valence electrons. The van der Waals surface area contributed by atoms with E-state index < -0.39 is 17.6 Å². The highest BCUT2D eigenvalue weighted by molar-refractivity contribution is 7.12. The highest BCUT2D eigenvalue weighted by Gasteiger charge is 2.10. The number of benzene rings is 2. The van der Waals surface area contributed by atoms with E-state index in [1.165, 1.54) is 23.5 Å². The molecular weight excluding hydrogens is 381 g/mol. The first kappa shape index (κ1) is 19.2. The second-order valence-electron chi connectivity index (χ2n) is 5.77. The lowest BCUT2D eigenvalue weighted by atomic mass is 10.1. The lowest BCUT2D eigenvalue weighted by molar-refractivity contribution is 0.0846. The molecule has 0 saturated heterocycles. The molecule has 3 N–H and O–H groups in total. The Kier molecular flexibility index (Phi) is 6.13.